The number of aldehydes is 1. The van der Waals surface area contributed by atoms with Crippen molar-refractivity contribution in [3.05, 3.63) is 65.2 Å². The Labute approximate surface area is 189 Å². The Hall–Kier alpha value is -3.63. The van der Waals surface area contributed by atoms with Gasteiger partial charge in [-0.25, -0.2) is 0 Å². The zero-order valence-corrected chi connectivity index (χ0v) is 18.6. The highest BCUT2D eigenvalue weighted by Gasteiger charge is 2.35. The second kappa shape index (κ2) is 12.3. The number of aliphatic imine (C=N–C) groups is 1. The van der Waals surface area contributed by atoms with E-state index in [0.29, 0.717) is 34.8 Å². The summed E-state index contributed by atoms with van der Waals surface area (Å²) >= 11 is 0. The second-order valence-electron chi connectivity index (χ2n) is 7.89. The standard InChI is InChI=1S/C25H29N5O2/c1-17(2)14-29-24(20(13-27)15-28-3)23(22-10-5-4-8-19(22)16-31)25(32)30-21-9-6-7-18(11-21)12-26/h4-11,13,15-17,20,23-24,27,29H,14H2,1-3H3,(H,30,32). The number of hydrogen-bond donors (Lipinski definition) is 3. The molecule has 0 aliphatic rings. The normalized spacial score (nSPS) is 13.8. The van der Waals surface area contributed by atoms with Crippen LogP contribution in [0.5, 0.6) is 0 Å². The van der Waals surface area contributed by atoms with Gasteiger partial charge in [0.2, 0.25) is 5.91 Å². The van der Waals surface area contributed by atoms with Crippen molar-refractivity contribution in [1.82, 2.24) is 5.32 Å². The summed E-state index contributed by atoms with van der Waals surface area (Å²) in [6.07, 6.45) is 3.62. The lowest BCUT2D eigenvalue weighted by Gasteiger charge is -2.32. The SMILES string of the molecule is CN=CC(C=N)C(NCC(C)C)C(C(=O)Nc1cccc(C#N)c1)c1ccccc1C=O. The van der Waals surface area contributed by atoms with Crippen molar-refractivity contribution in [1.29, 1.82) is 10.7 Å². The van der Waals surface area contributed by atoms with Crippen molar-refractivity contribution < 1.29 is 9.59 Å². The van der Waals surface area contributed by atoms with Crippen LogP contribution in [0.2, 0.25) is 0 Å². The van der Waals surface area contributed by atoms with Gasteiger partial charge in [-0.1, -0.05) is 44.2 Å². The lowest BCUT2D eigenvalue weighted by molar-refractivity contribution is -0.118. The smallest absolute Gasteiger partial charge is 0.233 e. The predicted molar refractivity (Wildman–Crippen MR) is 128 cm³/mol. The summed E-state index contributed by atoms with van der Waals surface area (Å²) < 4.78 is 0. The summed E-state index contributed by atoms with van der Waals surface area (Å²) in [5, 5.41) is 23.4. The molecule has 3 atom stereocenters. The van der Waals surface area contributed by atoms with Crippen molar-refractivity contribution in [2.24, 2.45) is 16.8 Å². The van der Waals surface area contributed by atoms with Crippen LogP contribution in [0, 0.1) is 28.6 Å². The van der Waals surface area contributed by atoms with E-state index >= 15 is 0 Å². The van der Waals surface area contributed by atoms with Gasteiger partial charge in [-0.15, -0.1) is 0 Å². The van der Waals surface area contributed by atoms with Gasteiger partial charge in [0.1, 0.15) is 6.29 Å². The summed E-state index contributed by atoms with van der Waals surface area (Å²) in [4.78, 5) is 29.5. The number of rotatable bonds is 11. The number of amides is 1. The third-order valence-corrected chi connectivity index (χ3v) is 5.05. The molecule has 0 aromatic heterocycles. The predicted octanol–water partition coefficient (Wildman–Crippen LogP) is 3.67. The van der Waals surface area contributed by atoms with Gasteiger partial charge in [-0.3, -0.25) is 9.59 Å². The number of nitriles is 1. The average molecular weight is 432 g/mol. The fourth-order valence-electron chi connectivity index (χ4n) is 3.55. The minimum Gasteiger partial charge on any atom is -0.325 e. The van der Waals surface area contributed by atoms with Crippen molar-refractivity contribution in [2.45, 2.75) is 25.8 Å². The number of hydrogen-bond acceptors (Lipinski definition) is 6. The molecule has 0 bridgehead atoms. The van der Waals surface area contributed by atoms with Crippen molar-refractivity contribution >= 4 is 30.3 Å². The van der Waals surface area contributed by atoms with Crippen LogP contribution in [0.25, 0.3) is 0 Å². The number of anilines is 1. The van der Waals surface area contributed by atoms with E-state index < -0.39 is 17.9 Å². The van der Waals surface area contributed by atoms with Gasteiger partial charge in [0.15, 0.2) is 0 Å². The fourth-order valence-corrected chi connectivity index (χ4v) is 3.55. The van der Waals surface area contributed by atoms with Crippen LogP contribution in [0.1, 0.15) is 41.3 Å². The Morgan fingerprint density at radius 3 is 2.59 bits per heavy atom. The largest absolute Gasteiger partial charge is 0.325 e. The summed E-state index contributed by atoms with van der Waals surface area (Å²) in [5.74, 6) is -1.29. The van der Waals surface area contributed by atoms with E-state index in [1.54, 1.807) is 61.8 Å². The molecule has 3 unspecified atom stereocenters. The van der Waals surface area contributed by atoms with Gasteiger partial charge in [-0.2, -0.15) is 5.26 Å². The number of nitrogens with zero attached hydrogens (tertiary/aromatic N) is 2. The summed E-state index contributed by atoms with van der Waals surface area (Å²) in [6.45, 7) is 4.72. The Kier molecular flexibility index (Phi) is 9.45. The Balaban J connectivity index is 2.58. The first-order valence-electron chi connectivity index (χ1n) is 10.5. The molecule has 0 radical (unpaired) electrons. The lowest BCUT2D eigenvalue weighted by atomic mass is 9.81. The molecular formula is C25H29N5O2. The molecule has 0 saturated carbocycles. The Morgan fingerprint density at radius 2 is 1.97 bits per heavy atom. The summed E-state index contributed by atoms with van der Waals surface area (Å²) in [6, 6.07) is 15.2. The van der Waals surface area contributed by atoms with Gasteiger partial charge in [0.05, 0.1) is 17.6 Å². The third kappa shape index (κ3) is 6.43. The first-order valence-corrected chi connectivity index (χ1v) is 10.5. The van der Waals surface area contributed by atoms with E-state index in [1.807, 2.05) is 0 Å². The van der Waals surface area contributed by atoms with E-state index in [0.717, 1.165) is 6.29 Å². The first-order chi connectivity index (χ1) is 15.4. The van der Waals surface area contributed by atoms with Crippen LogP contribution < -0.4 is 10.6 Å². The fraction of sp³-hybridized carbons (Fsp3) is 0.320. The molecule has 0 spiro atoms. The Bertz CT molecular complexity index is 1010. The Morgan fingerprint density at radius 1 is 1.22 bits per heavy atom. The molecule has 2 rings (SSSR count). The van der Waals surface area contributed by atoms with E-state index in [-0.39, 0.29) is 5.91 Å². The van der Waals surface area contributed by atoms with Gasteiger partial charge in [-0.05, 0) is 36.2 Å². The molecular weight excluding hydrogens is 402 g/mol. The molecule has 32 heavy (non-hydrogen) atoms. The number of nitrogens with one attached hydrogen (secondary N) is 3. The first kappa shape index (κ1) is 24.6. The average Bonchev–Trinajstić information content (AvgIpc) is 2.80. The van der Waals surface area contributed by atoms with E-state index in [1.165, 1.54) is 6.21 Å². The van der Waals surface area contributed by atoms with Gasteiger partial charge >= 0.3 is 0 Å². The highest BCUT2D eigenvalue weighted by Crippen LogP contribution is 2.28. The molecule has 2 aromatic carbocycles. The molecule has 166 valence electrons. The molecule has 0 heterocycles. The monoisotopic (exact) mass is 431 g/mol. The molecule has 3 N–H and O–H groups in total. The second-order valence-corrected chi connectivity index (χ2v) is 7.89. The number of benzene rings is 2. The van der Waals surface area contributed by atoms with Crippen LogP contribution in [0.15, 0.2) is 53.5 Å². The highest BCUT2D eigenvalue weighted by molar-refractivity contribution is 5.99. The summed E-state index contributed by atoms with van der Waals surface area (Å²) in [5.41, 5.74) is 1.89. The van der Waals surface area contributed by atoms with Gasteiger partial charge in [0, 0.05) is 42.7 Å². The van der Waals surface area contributed by atoms with E-state index in [9.17, 15) is 14.9 Å². The minimum atomic E-state index is -0.787. The highest BCUT2D eigenvalue weighted by atomic mass is 16.2. The minimum absolute atomic E-state index is 0.305. The molecule has 2 aromatic rings. The van der Waals surface area contributed by atoms with Crippen LogP contribution in [-0.2, 0) is 4.79 Å². The van der Waals surface area contributed by atoms with Crippen molar-refractivity contribution in [2.75, 3.05) is 18.9 Å². The zero-order chi connectivity index (χ0) is 23.5. The summed E-state index contributed by atoms with van der Waals surface area (Å²) in [7, 11) is 1.62. The van der Waals surface area contributed by atoms with Gasteiger partial charge in [0.25, 0.3) is 0 Å². The number of carbonyl (C=O) groups is 2. The van der Waals surface area contributed by atoms with E-state index in [4.69, 9.17) is 5.41 Å². The molecule has 0 fully saturated rings. The molecule has 1 amide bonds. The molecule has 7 nitrogen and oxygen atoms in total. The van der Waals surface area contributed by atoms with Crippen LogP contribution in [0.3, 0.4) is 0 Å². The molecule has 0 aliphatic heterocycles. The third-order valence-electron chi connectivity index (χ3n) is 5.05. The molecule has 0 aliphatic carbocycles. The van der Waals surface area contributed by atoms with Crippen molar-refractivity contribution in [3.8, 4) is 6.07 Å². The molecule has 0 saturated heterocycles. The maximum Gasteiger partial charge on any atom is 0.233 e. The zero-order valence-electron chi connectivity index (χ0n) is 18.6. The maximum absolute atomic E-state index is 13.6. The van der Waals surface area contributed by atoms with Crippen LogP contribution in [-0.4, -0.2) is 44.3 Å². The van der Waals surface area contributed by atoms with Gasteiger partial charge < -0.3 is 21.0 Å². The lowest BCUT2D eigenvalue weighted by Crippen LogP contribution is -2.48. The van der Waals surface area contributed by atoms with E-state index in [2.05, 4.69) is 35.5 Å². The van der Waals surface area contributed by atoms with Crippen LogP contribution >= 0.6 is 0 Å². The molecule has 7 heteroatoms. The quantitative estimate of drug-likeness (QED) is 0.371. The topological polar surface area (TPSA) is 118 Å². The number of carbonyl (C=O) groups excluding carboxylic acids is 2. The van der Waals surface area contributed by atoms with Crippen LogP contribution in [0.4, 0.5) is 5.69 Å². The van der Waals surface area contributed by atoms with Crippen molar-refractivity contribution in [3.63, 3.8) is 0 Å². The maximum atomic E-state index is 13.6.